The minimum atomic E-state index is -0.469. The van der Waals surface area contributed by atoms with Gasteiger partial charge in [-0.05, 0) is 36.2 Å². The van der Waals surface area contributed by atoms with E-state index >= 15 is 0 Å². The van der Waals surface area contributed by atoms with E-state index in [1.54, 1.807) is 6.20 Å². The van der Waals surface area contributed by atoms with Crippen LogP contribution in [0.4, 0.5) is 4.39 Å². The van der Waals surface area contributed by atoms with Gasteiger partial charge in [-0.3, -0.25) is 0 Å². The number of ether oxygens (including phenoxy) is 1. The quantitative estimate of drug-likeness (QED) is 0.858. The van der Waals surface area contributed by atoms with Gasteiger partial charge in [0.2, 0.25) is 5.88 Å². The summed E-state index contributed by atoms with van der Waals surface area (Å²) in [6, 6.07) is 8.00. The maximum Gasteiger partial charge on any atom is 0.219 e. The van der Waals surface area contributed by atoms with Gasteiger partial charge in [0.1, 0.15) is 11.6 Å². The van der Waals surface area contributed by atoms with Gasteiger partial charge < -0.3 is 10.1 Å². The summed E-state index contributed by atoms with van der Waals surface area (Å²) < 4.78 is 18.7. The maximum atomic E-state index is 13.1. The SMILES string of the molecule is CC(C)CNCc1ccnc(Oc2ccc(F)c(Cl)c2)c1. The van der Waals surface area contributed by atoms with Crippen LogP contribution < -0.4 is 10.1 Å². The van der Waals surface area contributed by atoms with Crippen LogP contribution in [-0.4, -0.2) is 11.5 Å². The number of pyridine rings is 1. The van der Waals surface area contributed by atoms with E-state index in [2.05, 4.69) is 24.1 Å². The Labute approximate surface area is 129 Å². The van der Waals surface area contributed by atoms with Crippen molar-refractivity contribution in [1.82, 2.24) is 10.3 Å². The lowest BCUT2D eigenvalue weighted by molar-refractivity contribution is 0.459. The van der Waals surface area contributed by atoms with Crippen LogP contribution in [0.3, 0.4) is 0 Å². The van der Waals surface area contributed by atoms with Gasteiger partial charge in [0.05, 0.1) is 5.02 Å². The van der Waals surface area contributed by atoms with E-state index in [1.807, 2.05) is 12.1 Å². The largest absolute Gasteiger partial charge is 0.439 e. The highest BCUT2D eigenvalue weighted by Gasteiger charge is 2.04. The van der Waals surface area contributed by atoms with E-state index in [0.29, 0.717) is 17.5 Å². The van der Waals surface area contributed by atoms with Crippen LogP contribution >= 0.6 is 11.6 Å². The zero-order valence-electron chi connectivity index (χ0n) is 12.1. The Bertz CT molecular complexity index is 605. The Morgan fingerprint density at radius 2 is 2.10 bits per heavy atom. The number of hydrogen-bond donors (Lipinski definition) is 1. The molecule has 1 aromatic carbocycles. The van der Waals surface area contributed by atoms with E-state index in [4.69, 9.17) is 16.3 Å². The molecule has 1 N–H and O–H groups in total. The average Bonchev–Trinajstić information content (AvgIpc) is 2.43. The molecular formula is C16H18ClFN2O. The molecular weight excluding hydrogens is 291 g/mol. The lowest BCUT2D eigenvalue weighted by Gasteiger charge is -2.09. The van der Waals surface area contributed by atoms with Crippen molar-refractivity contribution in [2.45, 2.75) is 20.4 Å². The second-order valence-electron chi connectivity index (χ2n) is 5.21. The molecule has 0 saturated carbocycles. The Balaban J connectivity index is 2.01. The van der Waals surface area contributed by atoms with Gasteiger partial charge in [0.25, 0.3) is 0 Å². The normalized spacial score (nSPS) is 10.9. The number of rotatable bonds is 6. The van der Waals surface area contributed by atoms with Gasteiger partial charge in [0, 0.05) is 24.9 Å². The predicted octanol–water partition coefficient (Wildman–Crippen LogP) is 4.41. The van der Waals surface area contributed by atoms with Crippen molar-refractivity contribution >= 4 is 11.6 Å². The van der Waals surface area contributed by atoms with Gasteiger partial charge in [0.15, 0.2) is 0 Å². The molecule has 3 nitrogen and oxygen atoms in total. The summed E-state index contributed by atoms with van der Waals surface area (Å²) in [5.74, 6) is 1.05. The molecule has 0 amide bonds. The zero-order chi connectivity index (χ0) is 15.2. The molecule has 0 spiro atoms. The fourth-order valence-electron chi connectivity index (χ4n) is 1.78. The Hall–Kier alpha value is -1.65. The van der Waals surface area contributed by atoms with Gasteiger partial charge in [-0.25, -0.2) is 9.37 Å². The van der Waals surface area contributed by atoms with E-state index in [9.17, 15) is 4.39 Å². The van der Waals surface area contributed by atoms with Crippen LogP contribution in [0.25, 0.3) is 0 Å². The fourth-order valence-corrected chi connectivity index (χ4v) is 1.95. The molecule has 2 rings (SSSR count). The first-order chi connectivity index (χ1) is 10.0. The molecule has 0 fully saturated rings. The minimum Gasteiger partial charge on any atom is -0.439 e. The van der Waals surface area contributed by atoms with Crippen molar-refractivity contribution in [1.29, 1.82) is 0 Å². The molecule has 0 bridgehead atoms. The molecule has 112 valence electrons. The second-order valence-corrected chi connectivity index (χ2v) is 5.61. The van der Waals surface area contributed by atoms with Crippen LogP contribution in [0.2, 0.25) is 5.02 Å². The molecule has 5 heteroatoms. The van der Waals surface area contributed by atoms with Gasteiger partial charge in [-0.1, -0.05) is 25.4 Å². The van der Waals surface area contributed by atoms with Crippen molar-refractivity contribution in [2.24, 2.45) is 5.92 Å². The summed E-state index contributed by atoms with van der Waals surface area (Å²) in [5.41, 5.74) is 1.08. The number of nitrogens with zero attached hydrogens (tertiary/aromatic N) is 1. The number of halogens is 2. The summed E-state index contributed by atoms with van der Waals surface area (Å²) in [6.45, 7) is 6.02. The summed E-state index contributed by atoms with van der Waals surface area (Å²) in [6.07, 6.45) is 1.69. The average molecular weight is 309 g/mol. The number of nitrogens with one attached hydrogen (secondary N) is 1. The zero-order valence-corrected chi connectivity index (χ0v) is 12.8. The highest BCUT2D eigenvalue weighted by atomic mass is 35.5. The Morgan fingerprint density at radius 3 is 2.81 bits per heavy atom. The van der Waals surface area contributed by atoms with E-state index < -0.39 is 5.82 Å². The lowest BCUT2D eigenvalue weighted by atomic mass is 10.2. The monoisotopic (exact) mass is 308 g/mol. The van der Waals surface area contributed by atoms with Crippen LogP contribution in [0.1, 0.15) is 19.4 Å². The summed E-state index contributed by atoms with van der Waals surface area (Å²) in [5, 5.41) is 3.38. The van der Waals surface area contributed by atoms with E-state index in [0.717, 1.165) is 18.7 Å². The molecule has 0 aliphatic carbocycles. The van der Waals surface area contributed by atoms with E-state index in [-0.39, 0.29) is 5.02 Å². The summed E-state index contributed by atoms with van der Waals surface area (Å²) >= 11 is 5.72. The molecule has 0 unspecified atom stereocenters. The molecule has 0 aliphatic rings. The van der Waals surface area contributed by atoms with Crippen molar-refractivity contribution < 1.29 is 9.13 Å². The number of benzene rings is 1. The first-order valence-corrected chi connectivity index (χ1v) is 7.21. The van der Waals surface area contributed by atoms with E-state index in [1.165, 1.54) is 18.2 Å². The second kappa shape index (κ2) is 7.38. The molecule has 21 heavy (non-hydrogen) atoms. The highest BCUT2D eigenvalue weighted by Crippen LogP contribution is 2.25. The first kappa shape index (κ1) is 15.7. The van der Waals surface area contributed by atoms with Crippen LogP contribution in [-0.2, 0) is 6.54 Å². The minimum absolute atomic E-state index is 0.0299. The van der Waals surface area contributed by atoms with Crippen LogP contribution in [0.15, 0.2) is 36.5 Å². The van der Waals surface area contributed by atoms with Crippen molar-refractivity contribution in [2.75, 3.05) is 6.54 Å². The van der Waals surface area contributed by atoms with Gasteiger partial charge in [-0.2, -0.15) is 0 Å². The predicted molar refractivity (Wildman–Crippen MR) is 82.3 cm³/mol. The van der Waals surface area contributed by atoms with Crippen molar-refractivity contribution in [3.05, 3.63) is 52.9 Å². The van der Waals surface area contributed by atoms with Crippen LogP contribution in [0, 0.1) is 11.7 Å². The summed E-state index contributed by atoms with van der Waals surface area (Å²) in [7, 11) is 0. The molecule has 2 aromatic rings. The smallest absolute Gasteiger partial charge is 0.219 e. The molecule has 0 aliphatic heterocycles. The number of aromatic nitrogens is 1. The molecule has 1 heterocycles. The van der Waals surface area contributed by atoms with Crippen LogP contribution in [0.5, 0.6) is 11.6 Å². The molecule has 0 saturated heterocycles. The fraction of sp³-hybridized carbons (Fsp3) is 0.312. The highest BCUT2D eigenvalue weighted by molar-refractivity contribution is 6.30. The first-order valence-electron chi connectivity index (χ1n) is 6.83. The Kier molecular flexibility index (Phi) is 5.53. The third-order valence-corrected chi connectivity index (χ3v) is 3.08. The molecule has 1 aromatic heterocycles. The van der Waals surface area contributed by atoms with Crippen molar-refractivity contribution in [3.63, 3.8) is 0 Å². The van der Waals surface area contributed by atoms with Gasteiger partial charge in [-0.15, -0.1) is 0 Å². The molecule has 0 atom stereocenters. The standard InChI is InChI=1S/C16H18ClFN2O/c1-11(2)9-19-10-12-5-6-20-16(7-12)21-13-3-4-15(18)14(17)8-13/h3-8,11,19H,9-10H2,1-2H3. The maximum absolute atomic E-state index is 13.1. The molecule has 0 radical (unpaired) electrons. The third-order valence-electron chi connectivity index (χ3n) is 2.79. The third kappa shape index (κ3) is 4.99. The lowest BCUT2D eigenvalue weighted by Crippen LogP contribution is -2.18. The van der Waals surface area contributed by atoms with Crippen molar-refractivity contribution in [3.8, 4) is 11.6 Å². The number of hydrogen-bond acceptors (Lipinski definition) is 3. The summed E-state index contributed by atoms with van der Waals surface area (Å²) in [4.78, 5) is 4.14. The Morgan fingerprint density at radius 1 is 1.29 bits per heavy atom. The topological polar surface area (TPSA) is 34.2 Å². The van der Waals surface area contributed by atoms with Gasteiger partial charge >= 0.3 is 0 Å².